The second-order valence-electron chi connectivity index (χ2n) is 5.97. The molecule has 7 nitrogen and oxygen atoms in total. The third-order valence-corrected chi connectivity index (χ3v) is 3.78. The zero-order valence-corrected chi connectivity index (χ0v) is 15.0. The van der Waals surface area contributed by atoms with Gasteiger partial charge in [-0.15, -0.1) is 0 Å². The number of anilines is 1. The number of nitrogens with zero attached hydrogens (tertiary/aromatic N) is 2. The van der Waals surface area contributed by atoms with Crippen LogP contribution in [0.15, 0.2) is 72.9 Å². The van der Waals surface area contributed by atoms with Gasteiger partial charge in [0.15, 0.2) is 0 Å². The second kappa shape index (κ2) is 8.59. The number of pyridine rings is 1. The lowest BCUT2D eigenvalue weighted by molar-refractivity contribution is -0.384. The Morgan fingerprint density at radius 2 is 1.79 bits per heavy atom. The smallest absolute Gasteiger partial charge is 0.269 e. The fourth-order valence-electron chi connectivity index (χ4n) is 2.30. The van der Waals surface area contributed by atoms with E-state index >= 15 is 0 Å². The van der Waals surface area contributed by atoms with Crippen LogP contribution in [0.4, 0.5) is 11.4 Å². The summed E-state index contributed by atoms with van der Waals surface area (Å²) in [6, 6.07) is 16.9. The molecule has 0 fully saturated rings. The number of hydrogen-bond donors (Lipinski definition) is 1. The van der Waals surface area contributed by atoms with Crippen molar-refractivity contribution in [2.24, 2.45) is 0 Å². The minimum Gasteiger partial charge on any atom is -0.439 e. The van der Waals surface area contributed by atoms with Crippen LogP contribution in [0.1, 0.15) is 11.1 Å². The van der Waals surface area contributed by atoms with E-state index in [2.05, 4.69) is 10.3 Å². The van der Waals surface area contributed by atoms with Crippen LogP contribution in [0.3, 0.4) is 0 Å². The number of aryl methyl sites for hydroxylation is 1. The predicted molar refractivity (Wildman–Crippen MR) is 106 cm³/mol. The predicted octanol–water partition coefficient (Wildman–Crippen LogP) is 4.74. The summed E-state index contributed by atoms with van der Waals surface area (Å²) in [5.41, 5.74) is 2.34. The number of nitrogens with one attached hydrogen (secondary N) is 1. The van der Waals surface area contributed by atoms with E-state index in [9.17, 15) is 14.9 Å². The Morgan fingerprint density at radius 3 is 2.39 bits per heavy atom. The Balaban J connectivity index is 1.56. The number of nitro benzene ring substituents is 1. The number of benzene rings is 2. The van der Waals surface area contributed by atoms with Crippen molar-refractivity contribution in [3.63, 3.8) is 0 Å². The zero-order valence-electron chi connectivity index (χ0n) is 15.0. The molecule has 1 N–H and O–H groups in total. The fourth-order valence-corrected chi connectivity index (χ4v) is 2.30. The maximum absolute atomic E-state index is 12.0. The zero-order chi connectivity index (χ0) is 19.9. The van der Waals surface area contributed by atoms with Gasteiger partial charge in [-0.05, 0) is 48.9 Å². The van der Waals surface area contributed by atoms with Crippen molar-refractivity contribution in [3.8, 4) is 11.6 Å². The van der Waals surface area contributed by atoms with Crippen LogP contribution in [0, 0.1) is 17.0 Å². The van der Waals surface area contributed by atoms with Gasteiger partial charge >= 0.3 is 0 Å². The summed E-state index contributed by atoms with van der Waals surface area (Å²) in [7, 11) is 0. The van der Waals surface area contributed by atoms with Gasteiger partial charge < -0.3 is 10.1 Å². The van der Waals surface area contributed by atoms with Crippen LogP contribution in [-0.4, -0.2) is 15.8 Å². The Hall–Kier alpha value is -4.00. The Kier molecular flexibility index (Phi) is 5.76. The third-order valence-electron chi connectivity index (χ3n) is 3.78. The maximum Gasteiger partial charge on any atom is 0.269 e. The molecule has 0 aliphatic carbocycles. The molecule has 0 spiro atoms. The highest BCUT2D eigenvalue weighted by atomic mass is 16.6. The van der Waals surface area contributed by atoms with Crippen molar-refractivity contribution in [1.82, 2.24) is 4.98 Å². The number of carbonyl (C=O) groups excluding carboxylic acids is 1. The Labute approximate surface area is 161 Å². The lowest BCUT2D eigenvalue weighted by Crippen LogP contribution is -2.07. The minimum atomic E-state index is -0.473. The van der Waals surface area contributed by atoms with Crippen LogP contribution >= 0.6 is 0 Å². The summed E-state index contributed by atoms with van der Waals surface area (Å²) in [4.78, 5) is 26.3. The van der Waals surface area contributed by atoms with Crippen molar-refractivity contribution in [1.29, 1.82) is 0 Å². The molecule has 0 bridgehead atoms. The molecule has 140 valence electrons. The van der Waals surface area contributed by atoms with E-state index in [1.807, 2.05) is 31.2 Å². The first-order chi connectivity index (χ1) is 13.5. The quantitative estimate of drug-likeness (QED) is 0.381. The number of nitro groups is 1. The first-order valence-corrected chi connectivity index (χ1v) is 8.44. The van der Waals surface area contributed by atoms with Gasteiger partial charge in [0, 0.05) is 24.3 Å². The Bertz CT molecular complexity index is 995. The normalized spacial score (nSPS) is 10.6. The summed E-state index contributed by atoms with van der Waals surface area (Å²) >= 11 is 0. The molecule has 1 amide bonds. The number of ether oxygens (including phenoxy) is 1. The van der Waals surface area contributed by atoms with Crippen LogP contribution in [0.5, 0.6) is 11.6 Å². The Morgan fingerprint density at radius 1 is 1.07 bits per heavy atom. The molecule has 1 heterocycles. The number of rotatable bonds is 6. The molecule has 0 aliphatic rings. The van der Waals surface area contributed by atoms with Gasteiger partial charge in [0.05, 0.1) is 16.8 Å². The van der Waals surface area contributed by atoms with Crippen LogP contribution in [-0.2, 0) is 4.79 Å². The molecule has 0 aliphatic heterocycles. The van der Waals surface area contributed by atoms with Crippen molar-refractivity contribution in [2.75, 3.05) is 5.32 Å². The first-order valence-electron chi connectivity index (χ1n) is 8.44. The average Bonchev–Trinajstić information content (AvgIpc) is 2.70. The van der Waals surface area contributed by atoms with Crippen molar-refractivity contribution >= 4 is 23.4 Å². The summed E-state index contributed by atoms with van der Waals surface area (Å²) in [5, 5.41) is 13.3. The van der Waals surface area contributed by atoms with E-state index in [0.717, 1.165) is 5.56 Å². The number of carbonyl (C=O) groups is 1. The molecule has 2 aromatic carbocycles. The molecule has 0 radical (unpaired) electrons. The van der Waals surface area contributed by atoms with E-state index < -0.39 is 4.92 Å². The van der Waals surface area contributed by atoms with Gasteiger partial charge in [-0.3, -0.25) is 14.9 Å². The van der Waals surface area contributed by atoms with Gasteiger partial charge in [-0.25, -0.2) is 4.98 Å². The standard InChI is InChI=1S/C21H17N3O4/c1-15-2-10-19(11-3-15)28-21-13-7-17(14-22-21)23-20(25)12-6-16-4-8-18(9-5-16)24(26)27/h2-14H,1H3,(H,23,25)/b12-6+. The van der Waals surface area contributed by atoms with Gasteiger partial charge in [0.25, 0.3) is 5.69 Å². The summed E-state index contributed by atoms with van der Waals surface area (Å²) in [6.45, 7) is 2.00. The highest BCUT2D eigenvalue weighted by Gasteiger charge is 2.04. The third kappa shape index (κ3) is 5.25. The second-order valence-corrected chi connectivity index (χ2v) is 5.97. The molecule has 3 rings (SSSR count). The molecule has 0 unspecified atom stereocenters. The summed E-state index contributed by atoms with van der Waals surface area (Å²) < 4.78 is 5.64. The number of amides is 1. The van der Waals surface area contributed by atoms with Crippen LogP contribution in [0.2, 0.25) is 0 Å². The molecule has 7 heteroatoms. The van der Waals surface area contributed by atoms with Crippen molar-refractivity contribution in [2.45, 2.75) is 6.92 Å². The molecule has 3 aromatic rings. The lowest BCUT2D eigenvalue weighted by Gasteiger charge is -2.06. The average molecular weight is 375 g/mol. The molecule has 0 saturated carbocycles. The lowest BCUT2D eigenvalue weighted by atomic mass is 10.2. The SMILES string of the molecule is Cc1ccc(Oc2ccc(NC(=O)/C=C/c3ccc([N+](=O)[O-])cc3)cn2)cc1. The van der Waals surface area contributed by atoms with E-state index in [-0.39, 0.29) is 11.6 Å². The van der Waals surface area contributed by atoms with E-state index in [0.29, 0.717) is 22.9 Å². The maximum atomic E-state index is 12.0. The van der Waals surface area contributed by atoms with Crippen LogP contribution < -0.4 is 10.1 Å². The van der Waals surface area contributed by atoms with E-state index in [1.165, 1.54) is 24.4 Å². The number of hydrogen-bond acceptors (Lipinski definition) is 5. The van der Waals surface area contributed by atoms with Crippen molar-refractivity contribution < 1.29 is 14.5 Å². The highest BCUT2D eigenvalue weighted by Crippen LogP contribution is 2.21. The monoisotopic (exact) mass is 375 g/mol. The van der Waals surface area contributed by atoms with E-state index in [4.69, 9.17) is 4.74 Å². The molecule has 1 aromatic heterocycles. The van der Waals surface area contributed by atoms with Gasteiger partial charge in [-0.1, -0.05) is 17.7 Å². The molecule has 0 atom stereocenters. The first kappa shape index (κ1) is 18.8. The summed E-state index contributed by atoms with van der Waals surface area (Å²) in [5.74, 6) is 0.761. The van der Waals surface area contributed by atoms with Gasteiger partial charge in [-0.2, -0.15) is 0 Å². The molecular formula is C21H17N3O4. The number of non-ortho nitro benzene ring substituents is 1. The highest BCUT2D eigenvalue weighted by molar-refractivity contribution is 6.01. The van der Waals surface area contributed by atoms with Crippen LogP contribution in [0.25, 0.3) is 6.08 Å². The minimum absolute atomic E-state index is 0.000576. The van der Waals surface area contributed by atoms with E-state index in [1.54, 1.807) is 30.3 Å². The summed E-state index contributed by atoms with van der Waals surface area (Å²) in [6.07, 6.45) is 4.42. The number of aromatic nitrogens is 1. The fraction of sp³-hybridized carbons (Fsp3) is 0.0476. The largest absolute Gasteiger partial charge is 0.439 e. The molecule has 0 saturated heterocycles. The molecular weight excluding hydrogens is 358 g/mol. The molecule has 28 heavy (non-hydrogen) atoms. The topological polar surface area (TPSA) is 94.4 Å². The van der Waals surface area contributed by atoms with Gasteiger partial charge in [0.1, 0.15) is 5.75 Å². The van der Waals surface area contributed by atoms with Crippen molar-refractivity contribution in [3.05, 3.63) is 94.2 Å². The van der Waals surface area contributed by atoms with Gasteiger partial charge in [0.2, 0.25) is 11.8 Å².